The van der Waals surface area contributed by atoms with Gasteiger partial charge in [0.05, 0.1) is 17.9 Å². The van der Waals surface area contributed by atoms with E-state index in [2.05, 4.69) is 20.0 Å². The summed E-state index contributed by atoms with van der Waals surface area (Å²) in [6.07, 6.45) is 2.94. The van der Waals surface area contributed by atoms with Crippen LogP contribution in [0.15, 0.2) is 71.9 Å². The molecular formula is C22H21N5O5S. The predicted molar refractivity (Wildman–Crippen MR) is 121 cm³/mol. The number of carbonyl (C=O) groups is 2. The maximum absolute atomic E-state index is 12.7. The second-order valence-electron chi connectivity index (χ2n) is 7.29. The number of hydrogen-bond donors (Lipinski definition) is 2. The molecule has 1 atom stereocenters. The minimum absolute atomic E-state index is 0.00493. The molecule has 1 saturated heterocycles. The fourth-order valence-electron chi connectivity index (χ4n) is 3.39. The van der Waals surface area contributed by atoms with Crippen molar-refractivity contribution in [3.63, 3.8) is 0 Å². The molecule has 2 N–H and O–H groups in total. The number of ether oxygens (including phenoxy) is 1. The molecule has 10 nitrogen and oxygen atoms in total. The number of aromatic nitrogens is 2. The molecule has 33 heavy (non-hydrogen) atoms. The van der Waals surface area contributed by atoms with Gasteiger partial charge in [0.15, 0.2) is 0 Å². The molecule has 1 aliphatic rings. The largest absolute Gasteiger partial charge is 0.497 e. The number of sulfonamides is 1. The van der Waals surface area contributed by atoms with Crippen LogP contribution >= 0.6 is 0 Å². The molecule has 1 aliphatic heterocycles. The number of benzene rings is 2. The van der Waals surface area contributed by atoms with E-state index in [1.165, 1.54) is 36.7 Å². The van der Waals surface area contributed by atoms with Crippen molar-refractivity contribution >= 4 is 39.2 Å². The Bertz CT molecular complexity index is 1250. The molecular weight excluding hydrogens is 446 g/mol. The molecule has 0 bridgehead atoms. The number of hydrogen-bond acceptors (Lipinski definition) is 7. The highest BCUT2D eigenvalue weighted by Crippen LogP contribution is 2.28. The minimum atomic E-state index is -3.87. The molecule has 3 aromatic rings. The van der Waals surface area contributed by atoms with Crippen molar-refractivity contribution in [2.24, 2.45) is 5.92 Å². The molecule has 0 saturated carbocycles. The van der Waals surface area contributed by atoms with Gasteiger partial charge in [-0.15, -0.1) is 0 Å². The SMILES string of the molecule is COc1ccc(N2C[C@H](C(=O)Nc3ccc(S(=O)(=O)Nc4ncccn4)cc3)CC2=O)cc1. The highest BCUT2D eigenvalue weighted by atomic mass is 32.2. The van der Waals surface area contributed by atoms with Crippen molar-refractivity contribution in [3.05, 3.63) is 67.0 Å². The highest BCUT2D eigenvalue weighted by Gasteiger charge is 2.35. The molecule has 1 fully saturated rings. The Morgan fingerprint density at radius 3 is 2.36 bits per heavy atom. The normalized spacial score (nSPS) is 15.8. The third-order valence-corrected chi connectivity index (χ3v) is 6.45. The van der Waals surface area contributed by atoms with Crippen LogP contribution in [0.25, 0.3) is 0 Å². The summed E-state index contributed by atoms with van der Waals surface area (Å²) in [7, 11) is -2.31. The zero-order chi connectivity index (χ0) is 23.4. The monoisotopic (exact) mass is 467 g/mol. The van der Waals surface area contributed by atoms with Gasteiger partial charge in [-0.25, -0.2) is 23.1 Å². The van der Waals surface area contributed by atoms with Gasteiger partial charge in [0.25, 0.3) is 10.0 Å². The van der Waals surface area contributed by atoms with Crippen molar-refractivity contribution in [1.82, 2.24) is 9.97 Å². The fourth-order valence-corrected chi connectivity index (χ4v) is 4.35. The van der Waals surface area contributed by atoms with Gasteiger partial charge in [-0.3, -0.25) is 9.59 Å². The van der Waals surface area contributed by atoms with Crippen LogP contribution in [-0.4, -0.2) is 43.9 Å². The van der Waals surface area contributed by atoms with Crippen LogP contribution in [0.4, 0.5) is 17.3 Å². The molecule has 2 heterocycles. The summed E-state index contributed by atoms with van der Waals surface area (Å²) >= 11 is 0. The second-order valence-corrected chi connectivity index (χ2v) is 8.98. The van der Waals surface area contributed by atoms with E-state index < -0.39 is 15.9 Å². The lowest BCUT2D eigenvalue weighted by molar-refractivity contribution is -0.122. The Kier molecular flexibility index (Phi) is 6.22. The Hall–Kier alpha value is -3.99. The summed E-state index contributed by atoms with van der Waals surface area (Å²) in [5.41, 5.74) is 1.12. The number of nitrogens with one attached hydrogen (secondary N) is 2. The fraction of sp³-hybridized carbons (Fsp3) is 0.182. The van der Waals surface area contributed by atoms with Crippen molar-refractivity contribution in [2.75, 3.05) is 28.6 Å². The summed E-state index contributed by atoms with van der Waals surface area (Å²) < 4.78 is 32.3. The Balaban J connectivity index is 1.39. The smallest absolute Gasteiger partial charge is 0.264 e. The van der Waals surface area contributed by atoms with E-state index in [4.69, 9.17) is 4.74 Å². The first kappa shape index (κ1) is 22.2. The number of rotatable bonds is 7. The van der Waals surface area contributed by atoms with Crippen molar-refractivity contribution in [2.45, 2.75) is 11.3 Å². The van der Waals surface area contributed by atoms with Crippen LogP contribution in [-0.2, 0) is 19.6 Å². The molecule has 170 valence electrons. The Morgan fingerprint density at radius 1 is 1.06 bits per heavy atom. The summed E-state index contributed by atoms with van der Waals surface area (Å²) in [4.78, 5) is 34.4. The van der Waals surface area contributed by atoms with Gasteiger partial charge in [-0.05, 0) is 54.6 Å². The van der Waals surface area contributed by atoms with Gasteiger partial charge >= 0.3 is 0 Å². The van der Waals surface area contributed by atoms with Crippen LogP contribution in [0, 0.1) is 5.92 Å². The van der Waals surface area contributed by atoms with Gasteiger partial charge < -0.3 is 15.0 Å². The van der Waals surface area contributed by atoms with E-state index in [0.29, 0.717) is 17.1 Å². The number of anilines is 3. The lowest BCUT2D eigenvalue weighted by Crippen LogP contribution is -2.28. The van der Waals surface area contributed by atoms with E-state index in [-0.39, 0.29) is 35.6 Å². The molecule has 2 amide bonds. The summed E-state index contributed by atoms with van der Waals surface area (Å²) in [6, 6.07) is 14.3. The molecule has 11 heteroatoms. The zero-order valence-corrected chi connectivity index (χ0v) is 18.5. The van der Waals surface area contributed by atoms with Crippen LogP contribution in [0.1, 0.15) is 6.42 Å². The first-order valence-electron chi connectivity index (χ1n) is 10.0. The third-order valence-electron chi connectivity index (χ3n) is 5.10. The van der Waals surface area contributed by atoms with Gasteiger partial charge in [0, 0.05) is 36.7 Å². The van der Waals surface area contributed by atoms with E-state index >= 15 is 0 Å². The third kappa shape index (κ3) is 5.09. The Morgan fingerprint density at radius 2 is 1.73 bits per heavy atom. The number of amides is 2. The quantitative estimate of drug-likeness (QED) is 0.545. The summed E-state index contributed by atoms with van der Waals surface area (Å²) in [6.45, 7) is 0.254. The van der Waals surface area contributed by atoms with Crippen LogP contribution < -0.4 is 19.7 Å². The lowest BCUT2D eigenvalue weighted by atomic mass is 10.1. The average Bonchev–Trinajstić information content (AvgIpc) is 3.21. The first-order valence-corrected chi connectivity index (χ1v) is 11.5. The predicted octanol–water partition coefficient (Wildman–Crippen LogP) is 2.28. The summed E-state index contributed by atoms with van der Waals surface area (Å²) in [5.74, 6) is -0.347. The van der Waals surface area contributed by atoms with Crippen LogP contribution in [0.2, 0.25) is 0 Å². The lowest BCUT2D eigenvalue weighted by Gasteiger charge is -2.17. The molecule has 0 unspecified atom stereocenters. The van der Waals surface area contributed by atoms with E-state index in [1.807, 2.05) is 0 Å². The summed E-state index contributed by atoms with van der Waals surface area (Å²) in [5, 5.41) is 2.75. The van der Waals surface area contributed by atoms with Crippen molar-refractivity contribution < 1.29 is 22.7 Å². The van der Waals surface area contributed by atoms with E-state index in [0.717, 1.165) is 0 Å². The van der Waals surface area contributed by atoms with Crippen LogP contribution in [0.3, 0.4) is 0 Å². The van der Waals surface area contributed by atoms with E-state index in [1.54, 1.807) is 42.3 Å². The number of carbonyl (C=O) groups excluding carboxylic acids is 2. The zero-order valence-electron chi connectivity index (χ0n) is 17.6. The maximum Gasteiger partial charge on any atom is 0.264 e. The average molecular weight is 468 g/mol. The van der Waals surface area contributed by atoms with Gasteiger partial charge in [-0.1, -0.05) is 0 Å². The van der Waals surface area contributed by atoms with Gasteiger partial charge in [-0.2, -0.15) is 0 Å². The van der Waals surface area contributed by atoms with Gasteiger partial charge in [0.2, 0.25) is 17.8 Å². The second kappa shape index (κ2) is 9.25. The molecule has 0 aliphatic carbocycles. The highest BCUT2D eigenvalue weighted by molar-refractivity contribution is 7.92. The molecule has 0 spiro atoms. The molecule has 0 radical (unpaired) electrons. The number of nitrogens with zero attached hydrogens (tertiary/aromatic N) is 3. The van der Waals surface area contributed by atoms with E-state index in [9.17, 15) is 18.0 Å². The molecule has 2 aromatic carbocycles. The Labute approximate surface area is 190 Å². The van der Waals surface area contributed by atoms with Crippen LogP contribution in [0.5, 0.6) is 5.75 Å². The number of methoxy groups -OCH3 is 1. The van der Waals surface area contributed by atoms with Gasteiger partial charge in [0.1, 0.15) is 5.75 Å². The van der Waals surface area contributed by atoms with Crippen molar-refractivity contribution in [3.8, 4) is 5.75 Å². The standard InChI is InChI=1S/C22H21N5O5S/c1-32-18-7-5-17(6-8-18)27-14-15(13-20(27)28)21(29)25-16-3-9-19(10-4-16)33(30,31)26-22-23-11-2-12-24-22/h2-12,15H,13-14H2,1H3,(H,25,29)(H,23,24,26)/t15-/m1/s1. The topological polar surface area (TPSA) is 131 Å². The maximum atomic E-state index is 12.7. The molecule has 1 aromatic heterocycles. The first-order chi connectivity index (χ1) is 15.9. The van der Waals surface area contributed by atoms with Crippen molar-refractivity contribution in [1.29, 1.82) is 0 Å². The minimum Gasteiger partial charge on any atom is -0.497 e. The molecule has 4 rings (SSSR count).